The first kappa shape index (κ1) is 16.1. The first-order valence-electron chi connectivity index (χ1n) is 8.09. The van der Waals surface area contributed by atoms with Crippen molar-refractivity contribution in [1.82, 2.24) is 19.3 Å². The molecule has 3 aromatic rings. The van der Waals surface area contributed by atoms with Gasteiger partial charge in [-0.05, 0) is 24.3 Å². The first-order valence-corrected chi connectivity index (χ1v) is 8.46. The SMILES string of the molecule is CC(=O)N1CCO[C@H](c2cccc(-c3cnc4ccc(Cl)cn34)n2)C1. The lowest BCUT2D eigenvalue weighted by Gasteiger charge is -2.32. The molecule has 0 aromatic carbocycles. The standard InChI is InChI=1S/C18H17ClN4O2/c1-12(24)22-7-8-25-17(11-22)15-4-2-3-14(21-15)16-9-20-18-6-5-13(19)10-23(16)18/h2-6,9-10,17H,7-8,11H2,1H3/t17-/m0/s1. The normalized spacial score (nSPS) is 17.8. The number of carbonyl (C=O) groups is 1. The van der Waals surface area contributed by atoms with Gasteiger partial charge in [-0.25, -0.2) is 9.97 Å². The molecule has 1 aliphatic rings. The summed E-state index contributed by atoms with van der Waals surface area (Å²) in [5.74, 6) is 0.0564. The molecule has 0 saturated carbocycles. The summed E-state index contributed by atoms with van der Waals surface area (Å²) < 4.78 is 7.74. The number of ether oxygens (including phenoxy) is 1. The van der Waals surface area contributed by atoms with Crippen molar-refractivity contribution in [2.45, 2.75) is 13.0 Å². The summed E-state index contributed by atoms with van der Waals surface area (Å²) in [6.45, 7) is 3.23. The highest BCUT2D eigenvalue weighted by Crippen LogP contribution is 2.25. The molecular weight excluding hydrogens is 340 g/mol. The molecule has 6 nitrogen and oxygen atoms in total. The fraction of sp³-hybridized carbons (Fsp3) is 0.278. The minimum Gasteiger partial charge on any atom is -0.368 e. The van der Waals surface area contributed by atoms with Gasteiger partial charge in [0.1, 0.15) is 11.8 Å². The van der Waals surface area contributed by atoms with Crippen LogP contribution < -0.4 is 0 Å². The van der Waals surface area contributed by atoms with E-state index in [0.29, 0.717) is 24.7 Å². The van der Waals surface area contributed by atoms with Crippen molar-refractivity contribution in [2.24, 2.45) is 0 Å². The van der Waals surface area contributed by atoms with E-state index in [0.717, 1.165) is 22.7 Å². The van der Waals surface area contributed by atoms with E-state index in [2.05, 4.69) is 4.98 Å². The van der Waals surface area contributed by atoms with Crippen molar-refractivity contribution in [3.8, 4) is 11.4 Å². The average molecular weight is 357 g/mol. The van der Waals surface area contributed by atoms with Gasteiger partial charge in [0.25, 0.3) is 0 Å². The molecule has 4 heterocycles. The summed E-state index contributed by atoms with van der Waals surface area (Å²) in [6, 6.07) is 9.47. The molecule has 1 fully saturated rings. The third kappa shape index (κ3) is 3.10. The Morgan fingerprint density at radius 2 is 2.20 bits per heavy atom. The molecule has 0 unspecified atom stereocenters. The number of hydrogen-bond acceptors (Lipinski definition) is 4. The van der Waals surface area contributed by atoms with Gasteiger partial charge in [-0.15, -0.1) is 0 Å². The van der Waals surface area contributed by atoms with Gasteiger partial charge in [0.15, 0.2) is 0 Å². The number of nitrogens with zero attached hydrogens (tertiary/aromatic N) is 4. The Labute approximate surface area is 150 Å². The van der Waals surface area contributed by atoms with Gasteiger partial charge in [-0.1, -0.05) is 17.7 Å². The number of halogens is 1. The molecule has 0 radical (unpaired) electrons. The number of morpholine rings is 1. The minimum absolute atomic E-state index is 0.0564. The van der Waals surface area contributed by atoms with Crippen LogP contribution in [0.15, 0.2) is 42.7 Å². The van der Waals surface area contributed by atoms with Crippen LogP contribution in [0.25, 0.3) is 17.0 Å². The molecule has 4 rings (SSSR count). The fourth-order valence-corrected chi connectivity index (χ4v) is 3.19. The first-order chi connectivity index (χ1) is 12.1. The third-order valence-electron chi connectivity index (χ3n) is 4.34. The Hall–Kier alpha value is -2.44. The second kappa shape index (κ2) is 6.46. The van der Waals surface area contributed by atoms with E-state index < -0.39 is 0 Å². The highest BCUT2D eigenvalue weighted by molar-refractivity contribution is 6.30. The van der Waals surface area contributed by atoms with Crippen LogP contribution in [0, 0.1) is 0 Å². The number of carbonyl (C=O) groups excluding carboxylic acids is 1. The summed E-state index contributed by atoms with van der Waals surface area (Å²) in [5, 5.41) is 0.635. The number of hydrogen-bond donors (Lipinski definition) is 0. The maximum absolute atomic E-state index is 11.6. The van der Waals surface area contributed by atoms with Gasteiger partial charge in [0, 0.05) is 19.7 Å². The van der Waals surface area contributed by atoms with Crippen LogP contribution in [-0.2, 0) is 9.53 Å². The van der Waals surface area contributed by atoms with Crippen molar-refractivity contribution in [3.05, 3.63) is 53.4 Å². The average Bonchev–Trinajstić information content (AvgIpc) is 3.05. The molecule has 1 saturated heterocycles. The van der Waals surface area contributed by atoms with E-state index in [1.165, 1.54) is 0 Å². The van der Waals surface area contributed by atoms with Crippen molar-refractivity contribution in [1.29, 1.82) is 0 Å². The Kier molecular flexibility index (Phi) is 4.15. The molecule has 0 N–H and O–H groups in total. The predicted octanol–water partition coefficient (Wildman–Crippen LogP) is 2.97. The van der Waals surface area contributed by atoms with E-state index >= 15 is 0 Å². The van der Waals surface area contributed by atoms with Crippen LogP contribution in [0.2, 0.25) is 5.02 Å². The molecule has 128 valence electrons. The molecule has 0 aliphatic carbocycles. The highest BCUT2D eigenvalue weighted by Gasteiger charge is 2.24. The molecule has 1 atom stereocenters. The molecule has 0 bridgehead atoms. The third-order valence-corrected chi connectivity index (χ3v) is 4.57. The molecule has 3 aromatic heterocycles. The molecule has 25 heavy (non-hydrogen) atoms. The second-order valence-electron chi connectivity index (χ2n) is 5.99. The van der Waals surface area contributed by atoms with Crippen molar-refractivity contribution < 1.29 is 9.53 Å². The van der Waals surface area contributed by atoms with Crippen LogP contribution in [0.4, 0.5) is 0 Å². The zero-order chi connectivity index (χ0) is 17.4. The Morgan fingerprint density at radius 3 is 3.04 bits per heavy atom. The number of pyridine rings is 2. The van der Waals surface area contributed by atoms with E-state index in [4.69, 9.17) is 21.3 Å². The number of rotatable bonds is 2. The van der Waals surface area contributed by atoms with Gasteiger partial charge in [0.05, 0.1) is 41.5 Å². The maximum atomic E-state index is 11.6. The van der Waals surface area contributed by atoms with Crippen molar-refractivity contribution in [3.63, 3.8) is 0 Å². The smallest absolute Gasteiger partial charge is 0.219 e. The quantitative estimate of drug-likeness (QED) is 0.708. The molecule has 0 spiro atoms. The lowest BCUT2D eigenvalue weighted by Crippen LogP contribution is -2.41. The predicted molar refractivity (Wildman–Crippen MR) is 94.4 cm³/mol. The van der Waals surface area contributed by atoms with Crippen LogP contribution in [0.1, 0.15) is 18.7 Å². The van der Waals surface area contributed by atoms with Crippen LogP contribution in [-0.4, -0.2) is 44.9 Å². The Morgan fingerprint density at radius 1 is 1.32 bits per heavy atom. The number of aromatic nitrogens is 3. The van der Waals surface area contributed by atoms with E-state index in [1.54, 1.807) is 18.0 Å². The summed E-state index contributed by atoms with van der Waals surface area (Å²) in [7, 11) is 0. The zero-order valence-corrected chi connectivity index (χ0v) is 14.5. The summed E-state index contributed by atoms with van der Waals surface area (Å²) in [5.41, 5.74) is 3.26. The molecular formula is C18H17ClN4O2. The zero-order valence-electron chi connectivity index (χ0n) is 13.7. The number of amides is 1. The Balaban J connectivity index is 1.69. The van der Waals surface area contributed by atoms with Gasteiger partial charge >= 0.3 is 0 Å². The van der Waals surface area contributed by atoms with Gasteiger partial charge in [-0.2, -0.15) is 0 Å². The van der Waals surface area contributed by atoms with Crippen molar-refractivity contribution in [2.75, 3.05) is 19.7 Å². The summed E-state index contributed by atoms with van der Waals surface area (Å²) in [4.78, 5) is 22.6. The summed E-state index contributed by atoms with van der Waals surface area (Å²) >= 11 is 6.11. The minimum atomic E-state index is -0.222. The largest absolute Gasteiger partial charge is 0.368 e. The lowest BCUT2D eigenvalue weighted by atomic mass is 10.1. The van der Waals surface area contributed by atoms with E-state index in [1.807, 2.05) is 40.9 Å². The molecule has 7 heteroatoms. The number of fused-ring (bicyclic) bond motifs is 1. The van der Waals surface area contributed by atoms with Crippen LogP contribution in [0.3, 0.4) is 0 Å². The molecule has 1 aliphatic heterocycles. The second-order valence-corrected chi connectivity index (χ2v) is 6.43. The van der Waals surface area contributed by atoms with Crippen LogP contribution in [0.5, 0.6) is 0 Å². The lowest BCUT2D eigenvalue weighted by molar-refractivity contribution is -0.136. The molecule has 1 amide bonds. The summed E-state index contributed by atoms with van der Waals surface area (Å²) in [6.07, 6.45) is 3.38. The maximum Gasteiger partial charge on any atom is 0.219 e. The van der Waals surface area contributed by atoms with Gasteiger partial charge < -0.3 is 9.64 Å². The van der Waals surface area contributed by atoms with Gasteiger partial charge in [-0.3, -0.25) is 9.20 Å². The van der Waals surface area contributed by atoms with E-state index in [-0.39, 0.29) is 12.0 Å². The van der Waals surface area contributed by atoms with Crippen LogP contribution >= 0.6 is 11.6 Å². The number of imidazole rings is 1. The van der Waals surface area contributed by atoms with E-state index in [9.17, 15) is 4.79 Å². The van der Waals surface area contributed by atoms with Crippen molar-refractivity contribution >= 4 is 23.2 Å². The monoisotopic (exact) mass is 356 g/mol. The highest BCUT2D eigenvalue weighted by atomic mass is 35.5. The fourth-order valence-electron chi connectivity index (χ4n) is 3.03. The van der Waals surface area contributed by atoms with Gasteiger partial charge in [0.2, 0.25) is 5.91 Å². The Bertz CT molecular complexity index is 940. The topological polar surface area (TPSA) is 59.7 Å².